The Morgan fingerprint density at radius 3 is 2.67 bits per heavy atom. The van der Waals surface area contributed by atoms with E-state index in [-0.39, 0.29) is 34.7 Å². The minimum absolute atomic E-state index is 0.0227. The van der Waals surface area contributed by atoms with Gasteiger partial charge in [-0.25, -0.2) is 0 Å². The molecule has 2 saturated carbocycles. The molecule has 0 spiro atoms. The zero-order valence-corrected chi connectivity index (χ0v) is 20.4. The molecule has 0 saturated heterocycles. The summed E-state index contributed by atoms with van der Waals surface area (Å²) in [5, 5.41) is 4.47. The quantitative estimate of drug-likeness (QED) is 0.430. The lowest BCUT2D eigenvalue weighted by Crippen LogP contribution is -2.52. The fourth-order valence-electron chi connectivity index (χ4n) is 8.70. The van der Waals surface area contributed by atoms with Crippen LogP contribution < -0.4 is 0 Å². The molecular weight excluding hydrogens is 416 g/mol. The van der Waals surface area contributed by atoms with E-state index in [0.717, 1.165) is 44.2 Å². The minimum atomic E-state index is -0.166. The maximum absolute atomic E-state index is 12.7. The molecule has 6 aliphatic rings. The van der Waals surface area contributed by atoms with Gasteiger partial charge < -0.3 is 14.5 Å². The molecule has 0 aromatic carbocycles. The van der Waals surface area contributed by atoms with E-state index >= 15 is 0 Å². The number of ether oxygens (including phenoxy) is 1. The molecule has 4 aliphatic carbocycles. The lowest BCUT2D eigenvalue weighted by Gasteiger charge is -2.58. The van der Waals surface area contributed by atoms with Crippen LogP contribution in [0.1, 0.15) is 72.6 Å². The van der Waals surface area contributed by atoms with E-state index in [1.165, 1.54) is 30.2 Å². The van der Waals surface area contributed by atoms with Crippen LogP contribution in [0, 0.1) is 34.5 Å². The van der Waals surface area contributed by atoms with Gasteiger partial charge in [-0.15, -0.1) is 0 Å². The SMILES string of the molecule is CC(=O)O[C@H]1CC[C@@]2(C)C(=CC[C@@H]3[C@@H]2CC[C@]2(C)C4=C(C[C@@H]32)C2=NOC[C@@H]2CN4C(C)=O)C1. The van der Waals surface area contributed by atoms with Gasteiger partial charge in [0.05, 0.1) is 11.6 Å². The Labute approximate surface area is 196 Å². The van der Waals surface area contributed by atoms with Gasteiger partial charge in [-0.2, -0.15) is 0 Å². The van der Waals surface area contributed by atoms with Crippen LogP contribution in [0.3, 0.4) is 0 Å². The number of hydrogen-bond donors (Lipinski definition) is 0. The van der Waals surface area contributed by atoms with E-state index in [4.69, 9.17) is 9.57 Å². The predicted molar refractivity (Wildman–Crippen MR) is 124 cm³/mol. The van der Waals surface area contributed by atoms with Gasteiger partial charge in [-0.3, -0.25) is 9.59 Å². The lowest BCUT2D eigenvalue weighted by atomic mass is 9.47. The molecule has 2 aliphatic heterocycles. The first-order valence-electron chi connectivity index (χ1n) is 12.8. The van der Waals surface area contributed by atoms with E-state index in [1.54, 1.807) is 6.92 Å². The third kappa shape index (κ3) is 2.94. The molecule has 33 heavy (non-hydrogen) atoms. The molecule has 0 N–H and O–H groups in total. The zero-order chi connectivity index (χ0) is 23.1. The van der Waals surface area contributed by atoms with E-state index in [1.807, 2.05) is 0 Å². The van der Waals surface area contributed by atoms with Crippen molar-refractivity contribution in [2.24, 2.45) is 39.7 Å². The summed E-state index contributed by atoms with van der Waals surface area (Å²) in [5.74, 6) is 2.01. The number of hydrogen-bond acceptors (Lipinski definition) is 5. The molecule has 7 atom stereocenters. The van der Waals surface area contributed by atoms with Crippen LogP contribution in [0.5, 0.6) is 0 Å². The Morgan fingerprint density at radius 1 is 1.12 bits per heavy atom. The highest BCUT2D eigenvalue weighted by atomic mass is 16.6. The fourth-order valence-corrected chi connectivity index (χ4v) is 8.70. The summed E-state index contributed by atoms with van der Waals surface area (Å²) in [4.78, 5) is 31.9. The number of carbonyl (C=O) groups is 2. The van der Waals surface area contributed by atoms with Gasteiger partial charge in [0.2, 0.25) is 5.91 Å². The standard InChI is InChI=1S/C27H36N2O4/c1-15(30)29-13-17-14-32-28-24(17)21-12-23-20-6-5-18-11-19(33-16(2)31)7-9-26(18,3)22(20)8-10-27(23,4)25(21)29/h5,17,19-20,22-23H,6-14H2,1-4H3/t17-,19-,20+,22-,23-,26-,27-/m0/s1. The Morgan fingerprint density at radius 2 is 1.91 bits per heavy atom. The first-order valence-corrected chi connectivity index (χ1v) is 12.8. The van der Waals surface area contributed by atoms with Gasteiger partial charge in [-0.1, -0.05) is 30.7 Å². The van der Waals surface area contributed by atoms with E-state index in [2.05, 4.69) is 30.0 Å². The Kier molecular flexibility index (Phi) is 4.67. The summed E-state index contributed by atoms with van der Waals surface area (Å²) in [7, 11) is 0. The molecule has 0 aromatic heterocycles. The van der Waals surface area contributed by atoms with Gasteiger partial charge >= 0.3 is 5.97 Å². The lowest BCUT2D eigenvalue weighted by molar-refractivity contribution is -0.148. The van der Waals surface area contributed by atoms with E-state index < -0.39 is 0 Å². The van der Waals surface area contributed by atoms with Crippen molar-refractivity contribution in [3.05, 3.63) is 22.9 Å². The monoisotopic (exact) mass is 452 g/mol. The topological polar surface area (TPSA) is 68.2 Å². The van der Waals surface area contributed by atoms with E-state index in [9.17, 15) is 9.59 Å². The predicted octanol–water partition coefficient (Wildman–Crippen LogP) is 4.61. The number of carbonyl (C=O) groups excluding carboxylic acids is 2. The number of allylic oxidation sites excluding steroid dienone is 3. The maximum Gasteiger partial charge on any atom is 0.302 e. The molecule has 0 radical (unpaired) electrons. The molecule has 0 aromatic rings. The van der Waals surface area contributed by atoms with Crippen LogP contribution >= 0.6 is 0 Å². The van der Waals surface area contributed by atoms with Gasteiger partial charge in [0, 0.05) is 37.9 Å². The first-order chi connectivity index (χ1) is 15.7. The van der Waals surface area contributed by atoms with Crippen LogP contribution in [0.25, 0.3) is 0 Å². The Bertz CT molecular complexity index is 1010. The fraction of sp³-hybridized carbons (Fsp3) is 0.741. The summed E-state index contributed by atoms with van der Waals surface area (Å²) < 4.78 is 5.60. The average Bonchev–Trinajstić information content (AvgIpc) is 3.35. The number of rotatable bonds is 1. The molecular formula is C27H36N2O4. The highest BCUT2D eigenvalue weighted by Gasteiger charge is 2.61. The highest BCUT2D eigenvalue weighted by Crippen LogP contribution is 2.67. The van der Waals surface area contributed by atoms with Crippen LogP contribution in [0.15, 0.2) is 28.1 Å². The van der Waals surface area contributed by atoms with Gasteiger partial charge in [0.25, 0.3) is 0 Å². The smallest absolute Gasteiger partial charge is 0.302 e. The van der Waals surface area contributed by atoms with Crippen molar-refractivity contribution in [2.75, 3.05) is 13.2 Å². The van der Waals surface area contributed by atoms with Crippen molar-refractivity contribution in [1.29, 1.82) is 0 Å². The number of fused-ring (bicyclic) bond motifs is 8. The molecule has 6 rings (SSSR count). The third-order valence-electron chi connectivity index (χ3n) is 10.2. The molecule has 1 amide bonds. The van der Waals surface area contributed by atoms with Crippen molar-refractivity contribution in [2.45, 2.75) is 78.7 Å². The van der Waals surface area contributed by atoms with Crippen molar-refractivity contribution in [3.8, 4) is 0 Å². The third-order valence-corrected chi connectivity index (χ3v) is 10.2. The molecule has 0 bridgehead atoms. The second kappa shape index (κ2) is 7.19. The maximum atomic E-state index is 12.7. The Hall–Kier alpha value is -2.11. The summed E-state index contributed by atoms with van der Waals surface area (Å²) in [6.45, 7) is 9.42. The molecule has 6 nitrogen and oxygen atoms in total. The van der Waals surface area contributed by atoms with Crippen molar-refractivity contribution >= 4 is 17.6 Å². The summed E-state index contributed by atoms with van der Waals surface area (Å²) in [5.41, 5.74) is 5.42. The van der Waals surface area contributed by atoms with Gasteiger partial charge in [-0.05, 0) is 67.3 Å². The minimum Gasteiger partial charge on any atom is -0.462 e. The van der Waals surface area contributed by atoms with Crippen LogP contribution in [0.4, 0.5) is 0 Å². The number of nitrogens with zero attached hydrogens (tertiary/aromatic N) is 2. The molecule has 2 fully saturated rings. The first kappa shape index (κ1) is 21.4. The van der Waals surface area contributed by atoms with Crippen molar-refractivity contribution in [1.82, 2.24) is 4.90 Å². The number of amides is 1. The molecule has 178 valence electrons. The van der Waals surface area contributed by atoms with Gasteiger partial charge in [0.1, 0.15) is 12.7 Å². The molecule has 6 heteroatoms. The largest absolute Gasteiger partial charge is 0.462 e. The summed E-state index contributed by atoms with van der Waals surface area (Å²) >= 11 is 0. The molecule has 0 unspecified atom stereocenters. The van der Waals surface area contributed by atoms with Crippen molar-refractivity contribution < 1.29 is 19.2 Å². The van der Waals surface area contributed by atoms with Crippen LogP contribution in [0.2, 0.25) is 0 Å². The molecule has 2 heterocycles. The van der Waals surface area contributed by atoms with Crippen LogP contribution in [-0.4, -0.2) is 41.7 Å². The second-order valence-corrected chi connectivity index (χ2v) is 11.8. The average molecular weight is 453 g/mol. The summed E-state index contributed by atoms with van der Waals surface area (Å²) in [6, 6.07) is 0. The van der Waals surface area contributed by atoms with Gasteiger partial charge in [0.15, 0.2) is 0 Å². The van der Waals surface area contributed by atoms with Crippen molar-refractivity contribution in [3.63, 3.8) is 0 Å². The highest BCUT2D eigenvalue weighted by molar-refractivity contribution is 6.05. The Balaban J connectivity index is 1.33. The number of oxime groups is 1. The number of esters is 1. The second-order valence-electron chi connectivity index (χ2n) is 11.8. The zero-order valence-electron chi connectivity index (χ0n) is 20.4. The van der Waals surface area contributed by atoms with Crippen LogP contribution in [-0.2, 0) is 19.2 Å². The van der Waals surface area contributed by atoms with E-state index in [0.29, 0.717) is 30.9 Å². The normalized spacial score (nSPS) is 43.3. The summed E-state index contributed by atoms with van der Waals surface area (Å²) in [6.07, 6.45) is 9.90.